The maximum atomic E-state index is 8.85. The summed E-state index contributed by atoms with van der Waals surface area (Å²) in [6.45, 7) is 0.594. The van der Waals surface area contributed by atoms with Crippen LogP contribution in [-0.2, 0) is 0 Å². The average molecular weight is 130 g/mol. The Hall–Kier alpha value is -0.770. The molecule has 1 atom stereocenters. The monoisotopic (exact) mass is 130 g/mol. The number of rotatable bonds is 4. The molecule has 0 fully saturated rings. The van der Waals surface area contributed by atoms with E-state index >= 15 is 0 Å². The molecule has 0 spiro atoms. The number of aliphatic hydroxyl groups is 1. The highest BCUT2D eigenvalue weighted by Crippen LogP contribution is 1.80. The lowest BCUT2D eigenvalue weighted by atomic mass is 10.4. The third-order valence-corrected chi connectivity index (χ3v) is 0.795. The molecule has 0 rings (SSSR count). The van der Waals surface area contributed by atoms with Crippen molar-refractivity contribution in [1.29, 1.82) is 0 Å². The molecule has 0 aliphatic rings. The van der Waals surface area contributed by atoms with Gasteiger partial charge in [0, 0.05) is 11.5 Å². The van der Waals surface area contributed by atoms with Crippen LogP contribution >= 0.6 is 0 Å². The molecule has 5 nitrogen and oxygen atoms in total. The van der Waals surface area contributed by atoms with Gasteiger partial charge >= 0.3 is 0 Å². The van der Waals surface area contributed by atoms with Crippen molar-refractivity contribution in [3.05, 3.63) is 10.4 Å². The lowest BCUT2D eigenvalue weighted by molar-refractivity contribution is 0.182. The molecule has 52 valence electrons. The van der Waals surface area contributed by atoms with E-state index in [0.717, 1.165) is 0 Å². The summed E-state index contributed by atoms with van der Waals surface area (Å²) in [4.78, 5) is 2.50. The van der Waals surface area contributed by atoms with E-state index in [1.54, 1.807) is 7.05 Å². The molecule has 0 aromatic heterocycles. The summed E-state index contributed by atoms with van der Waals surface area (Å²) in [5.74, 6) is 0. The van der Waals surface area contributed by atoms with E-state index in [1.165, 1.54) is 0 Å². The zero-order valence-electron chi connectivity index (χ0n) is 5.28. The summed E-state index contributed by atoms with van der Waals surface area (Å²) in [6.07, 6.45) is -0.564. The van der Waals surface area contributed by atoms with E-state index < -0.39 is 6.10 Å². The van der Waals surface area contributed by atoms with Gasteiger partial charge in [-0.2, -0.15) is 0 Å². The van der Waals surface area contributed by atoms with Gasteiger partial charge in [0.15, 0.2) is 0 Å². The molecule has 0 aromatic rings. The Balaban J connectivity index is 3.25. The minimum absolute atomic E-state index is 0.136. The first-order valence-corrected chi connectivity index (χ1v) is 2.64. The second-order valence-electron chi connectivity index (χ2n) is 1.62. The smallest absolute Gasteiger partial charge is 0.0720 e. The van der Waals surface area contributed by atoms with Crippen LogP contribution in [0, 0.1) is 0 Å². The molecule has 0 aromatic carbocycles. The maximum absolute atomic E-state index is 8.85. The SMILES string of the molecule is CNCC(O)CN=[N+]=[N-]. The van der Waals surface area contributed by atoms with E-state index in [2.05, 4.69) is 15.3 Å². The summed E-state index contributed by atoms with van der Waals surface area (Å²) in [5, 5.41) is 14.8. The largest absolute Gasteiger partial charge is 0.392 e. The summed E-state index contributed by atoms with van der Waals surface area (Å²) < 4.78 is 0. The Morgan fingerprint density at radius 1 is 1.89 bits per heavy atom. The van der Waals surface area contributed by atoms with Crippen LogP contribution in [0.15, 0.2) is 5.11 Å². The highest BCUT2D eigenvalue weighted by Gasteiger charge is 1.97. The highest BCUT2D eigenvalue weighted by atomic mass is 16.3. The van der Waals surface area contributed by atoms with Crippen LogP contribution in [0.3, 0.4) is 0 Å². The molecular weight excluding hydrogens is 120 g/mol. The number of hydrogen-bond donors (Lipinski definition) is 2. The van der Waals surface area contributed by atoms with Crippen LogP contribution in [0.25, 0.3) is 10.4 Å². The van der Waals surface area contributed by atoms with Gasteiger partial charge < -0.3 is 10.4 Å². The third kappa shape index (κ3) is 5.10. The van der Waals surface area contributed by atoms with Crippen LogP contribution in [0.1, 0.15) is 0 Å². The fourth-order valence-electron chi connectivity index (χ4n) is 0.431. The summed E-state index contributed by atoms with van der Waals surface area (Å²) in [6, 6.07) is 0. The van der Waals surface area contributed by atoms with Crippen LogP contribution in [-0.4, -0.2) is 31.3 Å². The van der Waals surface area contributed by atoms with Gasteiger partial charge in [0.1, 0.15) is 0 Å². The minimum atomic E-state index is -0.564. The van der Waals surface area contributed by atoms with Crippen LogP contribution in [0.2, 0.25) is 0 Å². The Bertz CT molecular complexity index is 109. The van der Waals surface area contributed by atoms with Crippen molar-refractivity contribution in [1.82, 2.24) is 5.32 Å². The molecule has 0 aliphatic carbocycles. The van der Waals surface area contributed by atoms with Crippen molar-refractivity contribution < 1.29 is 5.11 Å². The van der Waals surface area contributed by atoms with Crippen molar-refractivity contribution in [2.75, 3.05) is 20.1 Å². The third-order valence-electron chi connectivity index (χ3n) is 0.795. The van der Waals surface area contributed by atoms with Crippen molar-refractivity contribution in [2.45, 2.75) is 6.10 Å². The second-order valence-corrected chi connectivity index (χ2v) is 1.62. The van der Waals surface area contributed by atoms with Gasteiger partial charge in [-0.3, -0.25) is 0 Å². The second kappa shape index (κ2) is 5.37. The molecular formula is C4H10N4O. The lowest BCUT2D eigenvalue weighted by Crippen LogP contribution is -2.25. The van der Waals surface area contributed by atoms with Gasteiger partial charge in [-0.05, 0) is 12.6 Å². The Morgan fingerprint density at radius 2 is 2.56 bits per heavy atom. The van der Waals surface area contributed by atoms with Gasteiger partial charge in [0.2, 0.25) is 0 Å². The minimum Gasteiger partial charge on any atom is -0.392 e. The zero-order chi connectivity index (χ0) is 7.11. The molecule has 0 heterocycles. The average Bonchev–Trinajstić information content (AvgIpc) is 1.85. The quantitative estimate of drug-likeness (QED) is 0.316. The number of aliphatic hydroxyl groups excluding tert-OH is 1. The predicted octanol–water partition coefficient (Wildman–Crippen LogP) is -0.123. The van der Waals surface area contributed by atoms with Crippen molar-refractivity contribution in [2.24, 2.45) is 5.11 Å². The van der Waals surface area contributed by atoms with Gasteiger partial charge in [-0.15, -0.1) is 0 Å². The predicted molar refractivity (Wildman–Crippen MR) is 33.9 cm³/mol. The molecule has 0 amide bonds. The van der Waals surface area contributed by atoms with Crippen LogP contribution in [0.5, 0.6) is 0 Å². The van der Waals surface area contributed by atoms with Gasteiger partial charge in [-0.1, -0.05) is 5.11 Å². The number of nitrogens with one attached hydrogen (secondary N) is 1. The summed E-state index contributed by atoms with van der Waals surface area (Å²) >= 11 is 0. The van der Waals surface area contributed by atoms with E-state index in [1.807, 2.05) is 0 Å². The molecule has 0 bridgehead atoms. The molecule has 5 heteroatoms. The van der Waals surface area contributed by atoms with Crippen LogP contribution < -0.4 is 5.32 Å². The highest BCUT2D eigenvalue weighted by molar-refractivity contribution is 4.60. The Morgan fingerprint density at radius 3 is 3.00 bits per heavy atom. The first kappa shape index (κ1) is 8.23. The molecule has 9 heavy (non-hydrogen) atoms. The molecule has 0 saturated carbocycles. The molecule has 1 unspecified atom stereocenters. The van der Waals surface area contributed by atoms with Gasteiger partial charge in [-0.25, -0.2) is 0 Å². The molecule has 0 aliphatic heterocycles. The van der Waals surface area contributed by atoms with Crippen molar-refractivity contribution >= 4 is 0 Å². The van der Waals surface area contributed by atoms with E-state index in [4.69, 9.17) is 10.6 Å². The molecule has 0 radical (unpaired) electrons. The standard InChI is InChI=1S/C4H10N4O/c1-6-2-4(9)3-7-8-5/h4,6,9H,2-3H2,1H3. The number of hydrogen-bond acceptors (Lipinski definition) is 3. The summed E-state index contributed by atoms with van der Waals surface area (Å²) in [5.41, 5.74) is 7.81. The zero-order valence-corrected chi connectivity index (χ0v) is 5.28. The van der Waals surface area contributed by atoms with Crippen molar-refractivity contribution in [3.63, 3.8) is 0 Å². The fraction of sp³-hybridized carbons (Fsp3) is 1.00. The van der Waals surface area contributed by atoms with Crippen LogP contribution in [0.4, 0.5) is 0 Å². The maximum Gasteiger partial charge on any atom is 0.0720 e. The Kier molecular flexibility index (Phi) is 4.91. The van der Waals surface area contributed by atoms with Gasteiger partial charge in [0.05, 0.1) is 12.6 Å². The number of likely N-dealkylation sites (N-methyl/N-ethyl adjacent to an activating group) is 1. The molecule has 2 N–H and O–H groups in total. The Labute approximate surface area is 53.3 Å². The normalized spacial score (nSPS) is 12.2. The van der Waals surface area contributed by atoms with E-state index in [0.29, 0.717) is 6.54 Å². The van der Waals surface area contributed by atoms with Gasteiger partial charge in [0.25, 0.3) is 0 Å². The first-order valence-electron chi connectivity index (χ1n) is 2.64. The number of azide groups is 1. The molecule has 0 saturated heterocycles. The topological polar surface area (TPSA) is 81.0 Å². The fourth-order valence-corrected chi connectivity index (χ4v) is 0.431. The lowest BCUT2D eigenvalue weighted by Gasteiger charge is -2.03. The van der Waals surface area contributed by atoms with Crippen molar-refractivity contribution in [3.8, 4) is 0 Å². The van der Waals surface area contributed by atoms with E-state index in [-0.39, 0.29) is 6.54 Å². The first-order chi connectivity index (χ1) is 4.31. The summed E-state index contributed by atoms with van der Waals surface area (Å²) in [7, 11) is 1.72. The van der Waals surface area contributed by atoms with E-state index in [9.17, 15) is 0 Å². The number of nitrogens with zero attached hydrogens (tertiary/aromatic N) is 3.